The van der Waals surface area contributed by atoms with Gasteiger partial charge in [-0.1, -0.05) is 196 Å². The number of hydrogen-bond acceptors (Lipinski definition) is 12. The van der Waals surface area contributed by atoms with Crippen LogP contribution in [-0.2, 0) is 38.0 Å². The van der Waals surface area contributed by atoms with E-state index in [4.69, 9.17) is 28.4 Å². The smallest absolute Gasteiger partial charge is 0.338 e. The molecule has 4 aromatic rings. The molecule has 1 aliphatic heterocycles. The van der Waals surface area contributed by atoms with E-state index in [2.05, 4.69) is 19.2 Å². The van der Waals surface area contributed by atoms with E-state index in [-0.39, 0.29) is 60.2 Å². The summed E-state index contributed by atoms with van der Waals surface area (Å²) < 4.78 is 37.3. The predicted octanol–water partition coefficient (Wildman–Crippen LogP) is 12.0. The average molecular weight is 1050 g/mol. The van der Waals surface area contributed by atoms with Gasteiger partial charge in [0.1, 0.15) is 12.7 Å². The predicted molar refractivity (Wildman–Crippen MR) is 292 cm³/mol. The average Bonchev–Trinajstić information content (AvgIpc) is 3.46. The van der Waals surface area contributed by atoms with Crippen LogP contribution >= 0.6 is 0 Å². The first kappa shape index (κ1) is 60.5. The number of ether oxygens (including phenoxy) is 6. The molecule has 0 aromatic heterocycles. The van der Waals surface area contributed by atoms with Crippen LogP contribution in [0.2, 0.25) is 0 Å². The van der Waals surface area contributed by atoms with Crippen molar-refractivity contribution < 1.29 is 57.2 Å². The maximum atomic E-state index is 14.1. The maximum absolute atomic E-state index is 14.1. The lowest BCUT2D eigenvalue weighted by molar-refractivity contribution is -0.298. The van der Waals surface area contributed by atoms with Gasteiger partial charge in [-0.15, -0.1) is 0 Å². The number of esters is 4. The van der Waals surface area contributed by atoms with E-state index in [0.29, 0.717) is 13.0 Å². The van der Waals surface area contributed by atoms with Crippen molar-refractivity contribution in [2.45, 2.75) is 173 Å². The highest BCUT2D eigenvalue weighted by Gasteiger charge is 2.54. The Bertz CT molecular complexity index is 2280. The van der Waals surface area contributed by atoms with Crippen molar-refractivity contribution in [1.29, 1.82) is 0 Å². The van der Waals surface area contributed by atoms with Gasteiger partial charge in [-0.2, -0.15) is 0 Å². The first-order chi connectivity index (χ1) is 37.2. The molecule has 14 heteroatoms. The second-order valence-electron chi connectivity index (χ2n) is 19.5. The molecule has 2 amide bonds. The monoisotopic (exact) mass is 1050 g/mol. The van der Waals surface area contributed by atoms with E-state index in [1.54, 1.807) is 121 Å². The lowest BCUT2D eigenvalue weighted by Gasteiger charge is -2.44. The zero-order chi connectivity index (χ0) is 54.0. The molecule has 14 nitrogen and oxygen atoms in total. The molecule has 0 saturated carbocycles. The third-order valence-corrected chi connectivity index (χ3v) is 13.4. The van der Waals surface area contributed by atoms with Crippen LogP contribution in [0.25, 0.3) is 0 Å². The van der Waals surface area contributed by atoms with Gasteiger partial charge in [0.05, 0.1) is 35.4 Å². The Morgan fingerprint density at radius 1 is 0.474 bits per heavy atom. The number of carbonyl (C=O) groups is 6. The molecular formula is C62H82N2O12. The lowest BCUT2D eigenvalue weighted by atomic mass is 9.97. The number of unbranched alkanes of at least 4 members (excludes halogenated alkanes) is 17. The summed E-state index contributed by atoms with van der Waals surface area (Å²) in [4.78, 5) is 84.5. The van der Waals surface area contributed by atoms with Crippen molar-refractivity contribution in [1.82, 2.24) is 10.2 Å². The fourth-order valence-electron chi connectivity index (χ4n) is 9.05. The molecule has 76 heavy (non-hydrogen) atoms. The zero-order valence-corrected chi connectivity index (χ0v) is 45.0. The Morgan fingerprint density at radius 2 is 0.868 bits per heavy atom. The summed E-state index contributed by atoms with van der Waals surface area (Å²) in [5.41, 5.74) is 0.701. The van der Waals surface area contributed by atoms with Crippen LogP contribution in [0.4, 0.5) is 0 Å². The Hall–Kier alpha value is -6.38. The van der Waals surface area contributed by atoms with E-state index >= 15 is 0 Å². The summed E-state index contributed by atoms with van der Waals surface area (Å²) >= 11 is 0. The van der Waals surface area contributed by atoms with Crippen LogP contribution in [0.15, 0.2) is 121 Å². The van der Waals surface area contributed by atoms with Crippen LogP contribution in [0.3, 0.4) is 0 Å². The molecule has 5 rings (SSSR count). The van der Waals surface area contributed by atoms with Crippen LogP contribution in [-0.4, -0.2) is 104 Å². The van der Waals surface area contributed by atoms with E-state index in [1.165, 1.54) is 81.9 Å². The molecule has 1 fully saturated rings. The molecule has 1 aliphatic rings. The number of hydrogen-bond donors (Lipinski definition) is 1. The van der Waals surface area contributed by atoms with Gasteiger partial charge >= 0.3 is 23.9 Å². The summed E-state index contributed by atoms with van der Waals surface area (Å²) in [5, 5.41) is 3.01. The quantitative estimate of drug-likeness (QED) is 0.0260. The number of benzene rings is 4. The molecule has 0 aliphatic carbocycles. The van der Waals surface area contributed by atoms with Crippen LogP contribution in [0, 0.1) is 0 Å². The molecule has 412 valence electrons. The molecule has 0 spiro atoms. The molecule has 1 N–H and O–H groups in total. The van der Waals surface area contributed by atoms with E-state index in [1.807, 2.05) is 0 Å². The van der Waals surface area contributed by atoms with Crippen molar-refractivity contribution in [3.05, 3.63) is 144 Å². The highest BCUT2D eigenvalue weighted by Crippen LogP contribution is 2.32. The minimum absolute atomic E-state index is 0.0598. The van der Waals surface area contributed by atoms with Gasteiger partial charge in [-0.05, 0) is 61.4 Å². The number of nitrogens with zero attached hydrogens (tertiary/aromatic N) is 1. The Kier molecular flexibility index (Phi) is 28.5. The van der Waals surface area contributed by atoms with Crippen LogP contribution in [0.5, 0.6) is 0 Å². The minimum Gasteiger partial charge on any atom is -0.459 e. The summed E-state index contributed by atoms with van der Waals surface area (Å²) in [6, 6.07) is 32.6. The van der Waals surface area contributed by atoms with Gasteiger partial charge in [-0.3, -0.25) is 9.59 Å². The first-order valence-corrected chi connectivity index (χ1v) is 28.0. The second-order valence-corrected chi connectivity index (χ2v) is 19.5. The minimum atomic E-state index is -1.62. The zero-order valence-electron chi connectivity index (χ0n) is 45.0. The maximum Gasteiger partial charge on any atom is 0.338 e. The van der Waals surface area contributed by atoms with Crippen molar-refractivity contribution in [3.8, 4) is 0 Å². The molecule has 0 unspecified atom stereocenters. The van der Waals surface area contributed by atoms with Crippen molar-refractivity contribution in [3.63, 3.8) is 0 Å². The third-order valence-electron chi connectivity index (χ3n) is 13.4. The van der Waals surface area contributed by atoms with Crippen LogP contribution in [0.1, 0.15) is 184 Å². The highest BCUT2D eigenvalue weighted by atomic mass is 16.7. The highest BCUT2D eigenvalue weighted by molar-refractivity contribution is 5.92. The van der Waals surface area contributed by atoms with Gasteiger partial charge in [-0.25, -0.2) is 19.2 Å². The molecule has 0 radical (unpaired) electrons. The largest absolute Gasteiger partial charge is 0.459 e. The van der Waals surface area contributed by atoms with Crippen LogP contribution < -0.4 is 5.32 Å². The molecule has 4 aromatic carbocycles. The Morgan fingerprint density at radius 3 is 1.33 bits per heavy atom. The fraction of sp³-hybridized carbons (Fsp3) is 0.516. The van der Waals surface area contributed by atoms with Gasteiger partial charge in [0.25, 0.3) is 0 Å². The number of rotatable bonds is 36. The number of carbonyl (C=O) groups excluding carboxylic acids is 6. The summed E-state index contributed by atoms with van der Waals surface area (Å²) in [6.45, 7) is 3.89. The van der Waals surface area contributed by atoms with Crippen molar-refractivity contribution in [2.75, 3.05) is 32.8 Å². The molecular weight excluding hydrogens is 965 g/mol. The normalized spacial score (nSPS) is 17.0. The standard InChI is InChI=1S/C62H82N2O12/c1-3-5-7-9-11-13-15-17-19-33-43-63-53(65)46-64(54(66)42-32-18-16-14-12-10-8-6-4-2)44-45-71-62-57(76-61(70)51-40-30-23-31-41-51)56(75-60(69)50-38-28-22-29-39-50)55(74-59(68)49-36-26-21-27-37-49)52(73-62)47-72-58(67)48-34-24-20-25-35-48/h20-31,34-41,52,55-57,62H,3-19,32-33,42-47H2,1-2H3,(H,63,65)/t52-,55-,56+,57-,62-/m1/s1. The van der Waals surface area contributed by atoms with Gasteiger partial charge in [0.15, 0.2) is 24.6 Å². The molecule has 1 saturated heterocycles. The summed E-state index contributed by atoms with van der Waals surface area (Å²) in [6.07, 6.45) is 13.9. The SMILES string of the molecule is CCCCCCCCCCCCNC(=O)CN(CCO[C@@H]1O[C@H](COC(=O)c2ccccc2)[C@@H](OC(=O)c2ccccc2)[C@H](OC(=O)c2ccccc2)[C@H]1OC(=O)c1ccccc1)C(=O)CCCCCCCCCCC. The molecule has 0 bridgehead atoms. The Labute approximate surface area is 450 Å². The van der Waals surface area contributed by atoms with Gasteiger partial charge in [0, 0.05) is 19.5 Å². The van der Waals surface area contributed by atoms with Gasteiger partial charge in [0.2, 0.25) is 11.8 Å². The topological polar surface area (TPSA) is 173 Å². The lowest BCUT2D eigenvalue weighted by Crippen LogP contribution is -2.63. The van der Waals surface area contributed by atoms with E-state index in [0.717, 1.165) is 38.5 Å². The Balaban J connectivity index is 1.38. The molecule has 1 heterocycles. The van der Waals surface area contributed by atoms with Crippen molar-refractivity contribution >= 4 is 35.7 Å². The number of amides is 2. The third kappa shape index (κ3) is 22.1. The summed E-state index contributed by atoms with van der Waals surface area (Å²) in [7, 11) is 0. The van der Waals surface area contributed by atoms with E-state index in [9.17, 15) is 28.8 Å². The second kappa shape index (κ2) is 35.8. The number of nitrogens with one attached hydrogen (secondary N) is 1. The van der Waals surface area contributed by atoms with Gasteiger partial charge < -0.3 is 38.6 Å². The molecule has 5 atom stereocenters. The fourth-order valence-corrected chi connectivity index (χ4v) is 9.05. The van der Waals surface area contributed by atoms with E-state index < -0.39 is 61.2 Å². The summed E-state index contributed by atoms with van der Waals surface area (Å²) in [5.74, 6) is -3.72. The first-order valence-electron chi connectivity index (χ1n) is 28.0. The van der Waals surface area contributed by atoms with Crippen molar-refractivity contribution in [2.24, 2.45) is 0 Å².